The summed E-state index contributed by atoms with van der Waals surface area (Å²) >= 11 is 0. The second-order valence-electron chi connectivity index (χ2n) is 7.67. The topological polar surface area (TPSA) is 46.5 Å². The van der Waals surface area contributed by atoms with Crippen molar-refractivity contribution < 1.29 is 9.53 Å². The number of hydrogen-bond acceptors (Lipinski definition) is 3. The number of nitrogens with one attached hydrogen (secondary N) is 1. The Morgan fingerprint density at radius 3 is 2.69 bits per heavy atom. The molecule has 0 spiro atoms. The zero-order valence-corrected chi connectivity index (χ0v) is 15.7. The first kappa shape index (κ1) is 17.4. The highest BCUT2D eigenvalue weighted by Crippen LogP contribution is 2.27. The minimum atomic E-state index is 0.120. The number of ether oxygens (including phenoxy) is 1. The van der Waals surface area contributed by atoms with E-state index in [-0.39, 0.29) is 5.91 Å². The summed E-state index contributed by atoms with van der Waals surface area (Å²) in [5, 5.41) is 4.37. The van der Waals surface area contributed by atoms with Crippen LogP contribution in [0.1, 0.15) is 42.6 Å². The van der Waals surface area contributed by atoms with Crippen LogP contribution in [0, 0.1) is 5.92 Å². The van der Waals surface area contributed by atoms with Gasteiger partial charge in [-0.15, -0.1) is 0 Å². The molecule has 1 aliphatic carbocycles. The summed E-state index contributed by atoms with van der Waals surface area (Å²) in [6.07, 6.45) is 6.62. The number of carbonyl (C=O) groups is 1. The summed E-state index contributed by atoms with van der Waals surface area (Å²) in [6, 6.07) is 8.18. The van der Waals surface area contributed by atoms with Gasteiger partial charge in [-0.2, -0.15) is 0 Å². The van der Waals surface area contributed by atoms with Gasteiger partial charge >= 0.3 is 0 Å². The van der Waals surface area contributed by atoms with E-state index in [0.717, 1.165) is 55.1 Å². The molecular formula is C21H29N3O2. The number of aromatic nitrogens is 1. The highest BCUT2D eigenvalue weighted by Gasteiger charge is 2.22. The van der Waals surface area contributed by atoms with Crippen LogP contribution in [0.2, 0.25) is 0 Å². The van der Waals surface area contributed by atoms with Crippen molar-refractivity contribution in [2.24, 2.45) is 13.0 Å². The Labute approximate surface area is 155 Å². The van der Waals surface area contributed by atoms with Crippen molar-refractivity contribution in [2.45, 2.75) is 32.1 Å². The largest absolute Gasteiger partial charge is 0.493 e. The van der Waals surface area contributed by atoms with E-state index in [1.807, 2.05) is 28.6 Å². The molecule has 140 valence electrons. The lowest BCUT2D eigenvalue weighted by molar-refractivity contribution is 0.0726. The van der Waals surface area contributed by atoms with E-state index in [1.54, 1.807) is 0 Å². The van der Waals surface area contributed by atoms with Crippen molar-refractivity contribution in [2.75, 3.05) is 32.8 Å². The zero-order valence-electron chi connectivity index (χ0n) is 15.7. The van der Waals surface area contributed by atoms with Gasteiger partial charge in [-0.3, -0.25) is 4.79 Å². The minimum absolute atomic E-state index is 0.120. The fourth-order valence-corrected chi connectivity index (χ4v) is 4.22. The third-order valence-corrected chi connectivity index (χ3v) is 5.85. The van der Waals surface area contributed by atoms with E-state index >= 15 is 0 Å². The molecule has 5 nitrogen and oxygen atoms in total. The Bertz CT molecular complexity index is 771. The Hall–Kier alpha value is -2.01. The molecule has 1 aromatic carbocycles. The lowest BCUT2D eigenvalue weighted by Gasteiger charge is -2.27. The molecule has 1 saturated heterocycles. The predicted octanol–water partition coefficient (Wildman–Crippen LogP) is 3.18. The van der Waals surface area contributed by atoms with Gasteiger partial charge in [-0.05, 0) is 43.0 Å². The van der Waals surface area contributed by atoms with Crippen LogP contribution >= 0.6 is 0 Å². The van der Waals surface area contributed by atoms with Gasteiger partial charge in [0.05, 0.1) is 6.61 Å². The fraction of sp³-hybridized carbons (Fsp3) is 0.571. The first-order valence-corrected chi connectivity index (χ1v) is 9.94. The van der Waals surface area contributed by atoms with Crippen molar-refractivity contribution in [3.63, 3.8) is 0 Å². The van der Waals surface area contributed by atoms with Crippen LogP contribution in [0.25, 0.3) is 10.9 Å². The third kappa shape index (κ3) is 3.58. The van der Waals surface area contributed by atoms with Crippen LogP contribution in [-0.2, 0) is 7.05 Å². The summed E-state index contributed by atoms with van der Waals surface area (Å²) in [6.45, 7) is 4.10. The Morgan fingerprint density at radius 1 is 1.15 bits per heavy atom. The molecule has 2 heterocycles. The molecule has 1 aromatic heterocycles. The van der Waals surface area contributed by atoms with E-state index in [0.29, 0.717) is 5.92 Å². The van der Waals surface area contributed by atoms with Crippen molar-refractivity contribution in [3.05, 3.63) is 30.0 Å². The molecule has 0 atom stereocenters. The van der Waals surface area contributed by atoms with Crippen LogP contribution in [0.5, 0.6) is 5.75 Å². The average Bonchev–Trinajstić information content (AvgIpc) is 3.03. The summed E-state index contributed by atoms with van der Waals surface area (Å²) in [4.78, 5) is 14.8. The van der Waals surface area contributed by atoms with E-state index in [1.165, 1.54) is 32.1 Å². The van der Waals surface area contributed by atoms with Crippen molar-refractivity contribution >= 4 is 16.8 Å². The normalized spacial score (nSPS) is 19.0. The van der Waals surface area contributed by atoms with E-state index < -0.39 is 0 Å². The Balaban J connectivity index is 1.50. The molecule has 4 rings (SSSR count). The van der Waals surface area contributed by atoms with E-state index in [9.17, 15) is 4.79 Å². The second kappa shape index (κ2) is 7.70. The Kier molecular flexibility index (Phi) is 5.16. The maximum atomic E-state index is 12.9. The van der Waals surface area contributed by atoms with Gasteiger partial charge in [0, 0.05) is 44.1 Å². The van der Waals surface area contributed by atoms with E-state index in [4.69, 9.17) is 4.74 Å². The molecule has 5 heteroatoms. The number of hydrogen-bond donors (Lipinski definition) is 1. The van der Waals surface area contributed by atoms with Crippen LogP contribution in [0.3, 0.4) is 0 Å². The number of amides is 1. The number of benzene rings is 1. The van der Waals surface area contributed by atoms with Gasteiger partial charge < -0.3 is 19.5 Å². The first-order valence-electron chi connectivity index (χ1n) is 9.94. The molecule has 2 aliphatic rings. The first-order chi connectivity index (χ1) is 12.7. The molecule has 0 radical (unpaired) electrons. The van der Waals surface area contributed by atoms with Gasteiger partial charge in [-0.25, -0.2) is 0 Å². The number of nitrogens with zero attached hydrogens (tertiary/aromatic N) is 2. The third-order valence-electron chi connectivity index (χ3n) is 5.85. The van der Waals surface area contributed by atoms with Gasteiger partial charge in [0.1, 0.15) is 11.4 Å². The maximum absolute atomic E-state index is 12.9. The number of piperazine rings is 1. The molecule has 1 amide bonds. The zero-order chi connectivity index (χ0) is 17.9. The highest BCUT2D eigenvalue weighted by molar-refractivity contribution is 5.99. The molecule has 1 N–H and O–H groups in total. The van der Waals surface area contributed by atoms with Crippen LogP contribution in [0.15, 0.2) is 24.3 Å². The second-order valence-corrected chi connectivity index (χ2v) is 7.67. The predicted molar refractivity (Wildman–Crippen MR) is 104 cm³/mol. The standard InChI is InChI=1S/C21H29N3O2/c1-23-19-8-7-18(26-15-16-5-3-2-4-6-16)13-17(19)14-20(23)21(25)24-11-9-22-10-12-24/h7-8,13-14,16,22H,2-6,9-12,15H2,1H3. The van der Waals surface area contributed by atoms with Crippen LogP contribution in [0.4, 0.5) is 0 Å². The summed E-state index contributed by atoms with van der Waals surface area (Å²) in [7, 11) is 1.97. The number of carbonyl (C=O) groups excluding carboxylic acids is 1. The summed E-state index contributed by atoms with van der Waals surface area (Å²) in [5.74, 6) is 1.73. The molecule has 2 fully saturated rings. The van der Waals surface area contributed by atoms with E-state index in [2.05, 4.69) is 17.4 Å². The highest BCUT2D eigenvalue weighted by atomic mass is 16.5. The maximum Gasteiger partial charge on any atom is 0.270 e. The smallest absolute Gasteiger partial charge is 0.270 e. The lowest BCUT2D eigenvalue weighted by atomic mass is 9.90. The SMILES string of the molecule is Cn1c(C(=O)N2CCNCC2)cc2cc(OCC3CCCCC3)ccc21. The molecule has 0 bridgehead atoms. The quantitative estimate of drug-likeness (QED) is 0.916. The molecule has 26 heavy (non-hydrogen) atoms. The number of fused-ring (bicyclic) bond motifs is 1. The number of aryl methyl sites for hydroxylation is 1. The molecule has 2 aromatic rings. The van der Waals surface area contributed by atoms with Crippen LogP contribution < -0.4 is 10.1 Å². The molecule has 1 saturated carbocycles. The van der Waals surface area contributed by atoms with Crippen LogP contribution in [-0.4, -0.2) is 48.2 Å². The van der Waals surface area contributed by atoms with Gasteiger partial charge in [0.15, 0.2) is 0 Å². The summed E-state index contributed by atoms with van der Waals surface area (Å²) < 4.78 is 8.07. The van der Waals surface area contributed by atoms with Gasteiger partial charge in [0.2, 0.25) is 0 Å². The van der Waals surface area contributed by atoms with Gasteiger partial charge in [-0.1, -0.05) is 19.3 Å². The fourth-order valence-electron chi connectivity index (χ4n) is 4.22. The average molecular weight is 355 g/mol. The monoisotopic (exact) mass is 355 g/mol. The Morgan fingerprint density at radius 2 is 1.92 bits per heavy atom. The molecule has 1 aliphatic heterocycles. The number of rotatable bonds is 4. The van der Waals surface area contributed by atoms with Crippen molar-refractivity contribution in [1.82, 2.24) is 14.8 Å². The van der Waals surface area contributed by atoms with Gasteiger partial charge in [0.25, 0.3) is 5.91 Å². The minimum Gasteiger partial charge on any atom is -0.493 e. The van der Waals surface area contributed by atoms with Crippen molar-refractivity contribution in [3.8, 4) is 5.75 Å². The molecule has 0 unspecified atom stereocenters. The van der Waals surface area contributed by atoms with Crippen molar-refractivity contribution in [1.29, 1.82) is 0 Å². The summed E-state index contributed by atoms with van der Waals surface area (Å²) in [5.41, 5.74) is 1.83. The molecular weight excluding hydrogens is 326 g/mol. The lowest BCUT2D eigenvalue weighted by Crippen LogP contribution is -2.46.